The van der Waals surface area contributed by atoms with Gasteiger partial charge in [-0.3, -0.25) is 9.69 Å². The minimum absolute atomic E-state index is 0.109. The van der Waals surface area contributed by atoms with Crippen molar-refractivity contribution in [1.82, 2.24) is 9.80 Å². The van der Waals surface area contributed by atoms with Crippen LogP contribution >= 0.6 is 0 Å². The first-order valence-electron chi connectivity index (χ1n) is 9.37. The van der Waals surface area contributed by atoms with Crippen LogP contribution in [0.2, 0.25) is 0 Å². The lowest BCUT2D eigenvalue weighted by Crippen LogP contribution is -2.52. The fourth-order valence-electron chi connectivity index (χ4n) is 3.50. The number of aliphatic hydroxyl groups excluding tert-OH is 1. The van der Waals surface area contributed by atoms with E-state index in [0.29, 0.717) is 19.7 Å². The molecule has 1 aromatic carbocycles. The molecule has 2 saturated heterocycles. The van der Waals surface area contributed by atoms with Gasteiger partial charge in [-0.25, -0.2) is 4.79 Å². The molecule has 1 unspecified atom stereocenters. The van der Waals surface area contributed by atoms with Crippen molar-refractivity contribution >= 4 is 12.0 Å². The number of aliphatic hydroxyl groups is 1. The molecule has 2 amide bonds. The highest BCUT2D eigenvalue weighted by atomic mass is 16.6. The van der Waals surface area contributed by atoms with Crippen molar-refractivity contribution in [2.24, 2.45) is 0 Å². The average molecular weight is 376 g/mol. The normalized spacial score (nSPS) is 26.1. The average Bonchev–Trinajstić information content (AvgIpc) is 3.02. The molecule has 2 heterocycles. The molecule has 2 fully saturated rings. The van der Waals surface area contributed by atoms with Gasteiger partial charge in [0.25, 0.3) is 0 Å². The SMILES string of the molecule is CC(C)(C)OC(=O)N1C[C@@H](O)CC1C(=O)N1CCO[C@H](c2ccccc2)C1. The Morgan fingerprint density at radius 1 is 1.19 bits per heavy atom. The molecule has 3 rings (SSSR count). The Hall–Kier alpha value is -2.12. The zero-order valence-electron chi connectivity index (χ0n) is 16.1. The number of ether oxygens (including phenoxy) is 2. The molecule has 1 aromatic rings. The number of hydrogen-bond acceptors (Lipinski definition) is 5. The lowest BCUT2D eigenvalue weighted by molar-refractivity contribution is -0.143. The van der Waals surface area contributed by atoms with Crippen molar-refractivity contribution in [2.75, 3.05) is 26.2 Å². The molecule has 0 radical (unpaired) electrons. The van der Waals surface area contributed by atoms with Gasteiger partial charge in [0.2, 0.25) is 5.91 Å². The molecular formula is C20H28N2O5. The molecular weight excluding hydrogens is 348 g/mol. The van der Waals surface area contributed by atoms with Crippen LogP contribution in [-0.4, -0.2) is 70.9 Å². The van der Waals surface area contributed by atoms with Gasteiger partial charge >= 0.3 is 6.09 Å². The van der Waals surface area contributed by atoms with Gasteiger partial charge in [0.05, 0.1) is 25.8 Å². The summed E-state index contributed by atoms with van der Waals surface area (Å²) in [5.74, 6) is -0.165. The first-order valence-corrected chi connectivity index (χ1v) is 9.37. The summed E-state index contributed by atoms with van der Waals surface area (Å²) in [6.07, 6.45) is -1.25. The van der Waals surface area contributed by atoms with E-state index in [1.54, 1.807) is 25.7 Å². The lowest BCUT2D eigenvalue weighted by atomic mass is 10.1. The monoisotopic (exact) mass is 376 g/mol. The highest BCUT2D eigenvalue weighted by Crippen LogP contribution is 2.27. The molecule has 3 atom stereocenters. The summed E-state index contributed by atoms with van der Waals surface area (Å²) in [7, 11) is 0. The van der Waals surface area contributed by atoms with Crippen molar-refractivity contribution < 1.29 is 24.2 Å². The number of carbonyl (C=O) groups is 2. The van der Waals surface area contributed by atoms with E-state index in [0.717, 1.165) is 5.56 Å². The van der Waals surface area contributed by atoms with E-state index in [4.69, 9.17) is 9.47 Å². The zero-order chi connectivity index (χ0) is 19.6. The molecule has 0 aromatic heterocycles. The Balaban J connectivity index is 1.70. The van der Waals surface area contributed by atoms with Gasteiger partial charge in [0.15, 0.2) is 0 Å². The zero-order valence-corrected chi connectivity index (χ0v) is 16.1. The first-order chi connectivity index (χ1) is 12.7. The minimum Gasteiger partial charge on any atom is -0.444 e. The maximum Gasteiger partial charge on any atom is 0.411 e. The van der Waals surface area contributed by atoms with E-state index in [1.807, 2.05) is 30.3 Å². The topological polar surface area (TPSA) is 79.3 Å². The molecule has 2 aliphatic rings. The van der Waals surface area contributed by atoms with Crippen LogP contribution < -0.4 is 0 Å². The van der Waals surface area contributed by atoms with Crippen LogP contribution in [0.1, 0.15) is 38.9 Å². The van der Waals surface area contributed by atoms with Gasteiger partial charge < -0.3 is 19.5 Å². The maximum absolute atomic E-state index is 13.1. The second-order valence-electron chi connectivity index (χ2n) is 8.09. The van der Waals surface area contributed by atoms with E-state index in [2.05, 4.69) is 0 Å². The minimum atomic E-state index is -0.725. The third-order valence-electron chi connectivity index (χ3n) is 4.74. The van der Waals surface area contributed by atoms with Crippen LogP contribution in [0, 0.1) is 0 Å². The highest BCUT2D eigenvalue weighted by Gasteiger charge is 2.43. The van der Waals surface area contributed by atoms with Crippen molar-refractivity contribution in [3.05, 3.63) is 35.9 Å². The number of β-amino-alcohol motifs (C(OH)–C–C–N with tert-alkyl or cyclic N) is 1. The Morgan fingerprint density at radius 3 is 2.56 bits per heavy atom. The van der Waals surface area contributed by atoms with Crippen LogP contribution in [0.15, 0.2) is 30.3 Å². The molecule has 0 aliphatic carbocycles. The fraction of sp³-hybridized carbons (Fsp3) is 0.600. The van der Waals surface area contributed by atoms with Crippen LogP contribution in [0.25, 0.3) is 0 Å². The molecule has 7 nitrogen and oxygen atoms in total. The fourth-order valence-corrected chi connectivity index (χ4v) is 3.50. The second kappa shape index (κ2) is 7.86. The predicted molar refractivity (Wildman–Crippen MR) is 99.1 cm³/mol. The van der Waals surface area contributed by atoms with Crippen LogP contribution in [0.4, 0.5) is 4.79 Å². The molecule has 7 heteroatoms. The quantitative estimate of drug-likeness (QED) is 0.854. The van der Waals surface area contributed by atoms with Gasteiger partial charge in [-0.2, -0.15) is 0 Å². The molecule has 0 spiro atoms. The van der Waals surface area contributed by atoms with E-state index in [-0.39, 0.29) is 25.0 Å². The van der Waals surface area contributed by atoms with E-state index >= 15 is 0 Å². The highest BCUT2D eigenvalue weighted by molar-refractivity contribution is 5.86. The summed E-state index contributed by atoms with van der Waals surface area (Å²) in [5, 5.41) is 10.0. The predicted octanol–water partition coefficient (Wildman–Crippen LogP) is 1.96. The summed E-state index contributed by atoms with van der Waals surface area (Å²) in [5.41, 5.74) is 0.362. The standard InChI is InChI=1S/C20H28N2O5/c1-20(2,3)27-19(25)22-12-15(23)11-16(22)18(24)21-9-10-26-17(13-21)14-7-5-4-6-8-14/h4-8,15-17,23H,9-13H2,1-3H3/t15-,16?,17-/m0/s1. The third-order valence-corrected chi connectivity index (χ3v) is 4.74. The molecule has 0 bridgehead atoms. The number of carbonyl (C=O) groups excluding carboxylic acids is 2. The van der Waals surface area contributed by atoms with Crippen molar-refractivity contribution in [1.29, 1.82) is 0 Å². The van der Waals surface area contributed by atoms with Crippen LogP contribution in [0.3, 0.4) is 0 Å². The van der Waals surface area contributed by atoms with Gasteiger partial charge in [-0.1, -0.05) is 30.3 Å². The number of likely N-dealkylation sites (tertiary alicyclic amines) is 1. The summed E-state index contributed by atoms with van der Waals surface area (Å²) in [4.78, 5) is 28.7. The number of benzene rings is 1. The summed E-state index contributed by atoms with van der Waals surface area (Å²) < 4.78 is 11.2. The Bertz CT molecular complexity index is 673. The second-order valence-corrected chi connectivity index (χ2v) is 8.09. The Labute approximate surface area is 159 Å². The van der Waals surface area contributed by atoms with Gasteiger partial charge in [-0.15, -0.1) is 0 Å². The summed E-state index contributed by atoms with van der Waals surface area (Å²) in [6.45, 7) is 6.78. The number of rotatable bonds is 2. The van der Waals surface area contributed by atoms with Crippen molar-refractivity contribution in [3.8, 4) is 0 Å². The lowest BCUT2D eigenvalue weighted by Gasteiger charge is -2.36. The van der Waals surface area contributed by atoms with Crippen molar-refractivity contribution in [2.45, 2.75) is 51.0 Å². The first kappa shape index (κ1) is 19.6. The number of hydrogen-bond donors (Lipinski definition) is 1. The van der Waals surface area contributed by atoms with E-state index in [9.17, 15) is 14.7 Å². The van der Waals surface area contributed by atoms with Crippen LogP contribution in [-0.2, 0) is 14.3 Å². The Kier molecular flexibility index (Phi) is 5.72. The molecule has 27 heavy (non-hydrogen) atoms. The smallest absolute Gasteiger partial charge is 0.411 e. The molecule has 2 aliphatic heterocycles. The van der Waals surface area contributed by atoms with Crippen molar-refractivity contribution in [3.63, 3.8) is 0 Å². The molecule has 0 saturated carbocycles. The third kappa shape index (κ3) is 4.78. The summed E-state index contributed by atoms with van der Waals surface area (Å²) >= 11 is 0. The molecule has 1 N–H and O–H groups in total. The number of amides is 2. The van der Waals surface area contributed by atoms with Gasteiger partial charge in [0, 0.05) is 13.0 Å². The Morgan fingerprint density at radius 2 is 1.89 bits per heavy atom. The number of morpholine rings is 1. The van der Waals surface area contributed by atoms with Gasteiger partial charge in [0.1, 0.15) is 17.7 Å². The van der Waals surface area contributed by atoms with Crippen LogP contribution in [0.5, 0.6) is 0 Å². The molecule has 148 valence electrons. The number of nitrogens with zero attached hydrogens (tertiary/aromatic N) is 2. The van der Waals surface area contributed by atoms with Gasteiger partial charge in [-0.05, 0) is 26.3 Å². The van der Waals surface area contributed by atoms with E-state index in [1.165, 1.54) is 4.90 Å². The summed E-state index contributed by atoms with van der Waals surface area (Å²) in [6, 6.07) is 9.07. The maximum atomic E-state index is 13.1. The van der Waals surface area contributed by atoms with E-state index < -0.39 is 23.8 Å². The largest absolute Gasteiger partial charge is 0.444 e.